The molecular weight excluding hydrogens is 322 g/mol. The second-order valence-corrected chi connectivity index (χ2v) is 6.75. The van der Waals surface area contributed by atoms with E-state index in [4.69, 9.17) is 0 Å². The third-order valence-corrected chi connectivity index (χ3v) is 4.71. The predicted octanol–water partition coefficient (Wildman–Crippen LogP) is 3.01. The van der Waals surface area contributed by atoms with E-state index in [0.29, 0.717) is 10.9 Å². The molecule has 0 fully saturated rings. The molecule has 0 saturated heterocycles. The van der Waals surface area contributed by atoms with Gasteiger partial charge in [0.25, 0.3) is 0 Å². The molecule has 130 valence electrons. The van der Waals surface area contributed by atoms with Gasteiger partial charge in [-0.1, -0.05) is 44.2 Å². The van der Waals surface area contributed by atoms with Crippen LogP contribution in [-0.2, 0) is 11.2 Å². The zero-order valence-electron chi connectivity index (χ0n) is 14.5. The number of nitrogens with zero attached hydrogens (tertiary/aromatic N) is 4. The highest BCUT2D eigenvalue weighted by atomic mass is 32.2. The number of aryl methyl sites for hydroxylation is 1. The summed E-state index contributed by atoms with van der Waals surface area (Å²) in [6.07, 6.45) is 4.38. The van der Waals surface area contributed by atoms with E-state index in [-0.39, 0.29) is 11.9 Å². The lowest BCUT2D eigenvalue weighted by Crippen LogP contribution is -2.33. The van der Waals surface area contributed by atoms with Gasteiger partial charge in [0.05, 0.1) is 11.4 Å². The molecular formula is C17H25N5OS. The largest absolute Gasteiger partial charge is 0.353 e. The Hall–Kier alpha value is -1.89. The fraction of sp³-hybridized carbons (Fsp3) is 0.529. The number of amides is 1. The Kier molecular flexibility index (Phi) is 7.24. The smallest absolute Gasteiger partial charge is 0.230 e. The van der Waals surface area contributed by atoms with Crippen molar-refractivity contribution in [3.8, 4) is 5.69 Å². The quantitative estimate of drug-likeness (QED) is 0.706. The van der Waals surface area contributed by atoms with Crippen molar-refractivity contribution in [2.75, 3.05) is 5.75 Å². The third kappa shape index (κ3) is 5.33. The molecule has 6 nitrogen and oxygen atoms in total. The fourth-order valence-corrected chi connectivity index (χ4v) is 2.87. The van der Waals surface area contributed by atoms with Crippen LogP contribution in [0.5, 0.6) is 0 Å². The predicted molar refractivity (Wildman–Crippen MR) is 96.4 cm³/mol. The Labute approximate surface area is 147 Å². The average molecular weight is 347 g/mol. The molecule has 7 heteroatoms. The van der Waals surface area contributed by atoms with Crippen molar-refractivity contribution in [3.63, 3.8) is 0 Å². The summed E-state index contributed by atoms with van der Waals surface area (Å²) in [7, 11) is 0. The summed E-state index contributed by atoms with van der Waals surface area (Å²) in [5, 5.41) is 15.4. The van der Waals surface area contributed by atoms with Crippen molar-refractivity contribution in [1.82, 2.24) is 25.5 Å². The van der Waals surface area contributed by atoms with Crippen LogP contribution in [0.1, 0.15) is 45.6 Å². The van der Waals surface area contributed by atoms with E-state index in [1.54, 1.807) is 4.68 Å². The molecule has 1 aromatic carbocycles. The molecule has 0 saturated carbocycles. The first-order valence-corrected chi connectivity index (χ1v) is 9.42. The molecule has 0 bridgehead atoms. The van der Waals surface area contributed by atoms with Crippen molar-refractivity contribution in [1.29, 1.82) is 0 Å². The van der Waals surface area contributed by atoms with Gasteiger partial charge in [-0.2, -0.15) is 4.68 Å². The van der Waals surface area contributed by atoms with Crippen LogP contribution in [0.15, 0.2) is 29.4 Å². The van der Waals surface area contributed by atoms with Crippen LogP contribution in [0.25, 0.3) is 5.69 Å². The molecule has 1 N–H and O–H groups in total. The number of nitrogens with one attached hydrogen (secondary N) is 1. The molecule has 0 aliphatic carbocycles. The van der Waals surface area contributed by atoms with E-state index in [1.807, 2.05) is 26.0 Å². The number of tetrazole rings is 1. The molecule has 1 heterocycles. The van der Waals surface area contributed by atoms with Crippen LogP contribution in [0.3, 0.4) is 0 Å². The van der Waals surface area contributed by atoms with Gasteiger partial charge in [0, 0.05) is 6.04 Å². The van der Waals surface area contributed by atoms with E-state index >= 15 is 0 Å². The van der Waals surface area contributed by atoms with E-state index < -0.39 is 0 Å². The second-order valence-electron chi connectivity index (χ2n) is 5.81. The number of unbranched alkanes of at least 4 members (excludes halogenated alkanes) is 1. The highest BCUT2D eigenvalue weighted by Gasteiger charge is 2.12. The fourth-order valence-electron chi connectivity index (χ4n) is 2.16. The summed E-state index contributed by atoms with van der Waals surface area (Å²) in [6.45, 7) is 6.23. The molecule has 0 spiro atoms. The second kappa shape index (κ2) is 9.42. The monoisotopic (exact) mass is 347 g/mol. The van der Waals surface area contributed by atoms with Gasteiger partial charge in [-0.25, -0.2) is 0 Å². The van der Waals surface area contributed by atoms with Crippen LogP contribution in [-0.4, -0.2) is 37.9 Å². The van der Waals surface area contributed by atoms with Crippen molar-refractivity contribution in [2.24, 2.45) is 0 Å². The topological polar surface area (TPSA) is 72.7 Å². The SMILES string of the molecule is CCCCc1ccc(-n2nnnc2SCC(=O)NC(C)CC)cc1. The Morgan fingerprint density at radius 2 is 2.04 bits per heavy atom. The molecule has 1 unspecified atom stereocenters. The minimum absolute atomic E-state index is 0.00110. The highest BCUT2D eigenvalue weighted by molar-refractivity contribution is 7.99. The molecule has 0 radical (unpaired) electrons. The normalized spacial score (nSPS) is 12.1. The first-order valence-electron chi connectivity index (χ1n) is 8.43. The van der Waals surface area contributed by atoms with Crippen LogP contribution in [0, 0.1) is 0 Å². The Balaban J connectivity index is 1.98. The molecule has 0 aliphatic heterocycles. The summed E-state index contributed by atoms with van der Waals surface area (Å²) in [4.78, 5) is 11.9. The number of rotatable bonds is 9. The van der Waals surface area contributed by atoms with E-state index in [1.165, 1.54) is 30.2 Å². The summed E-state index contributed by atoms with van der Waals surface area (Å²) in [6, 6.07) is 8.44. The molecule has 2 rings (SSSR count). The summed E-state index contributed by atoms with van der Waals surface area (Å²) < 4.78 is 1.67. The standard InChI is InChI=1S/C17H25N5OS/c1-4-6-7-14-8-10-15(11-9-14)22-17(19-20-21-22)24-12-16(23)18-13(3)5-2/h8-11,13H,4-7,12H2,1-3H3,(H,18,23). The van der Waals surface area contributed by atoms with Crippen LogP contribution >= 0.6 is 11.8 Å². The lowest BCUT2D eigenvalue weighted by molar-refractivity contribution is -0.119. The Morgan fingerprint density at radius 3 is 2.71 bits per heavy atom. The van der Waals surface area contributed by atoms with Crippen molar-refractivity contribution >= 4 is 17.7 Å². The maximum Gasteiger partial charge on any atom is 0.230 e. The number of carbonyl (C=O) groups is 1. The van der Waals surface area contributed by atoms with Gasteiger partial charge in [-0.3, -0.25) is 4.79 Å². The van der Waals surface area contributed by atoms with Crippen molar-refractivity contribution in [2.45, 2.75) is 57.7 Å². The van der Waals surface area contributed by atoms with Gasteiger partial charge in [0.2, 0.25) is 11.1 Å². The van der Waals surface area contributed by atoms with Gasteiger partial charge in [0.1, 0.15) is 0 Å². The molecule has 1 aromatic heterocycles. The lowest BCUT2D eigenvalue weighted by Gasteiger charge is -2.10. The minimum Gasteiger partial charge on any atom is -0.353 e. The molecule has 24 heavy (non-hydrogen) atoms. The van der Waals surface area contributed by atoms with E-state index in [2.05, 4.69) is 39.9 Å². The number of hydrogen-bond donors (Lipinski definition) is 1. The zero-order valence-corrected chi connectivity index (χ0v) is 15.3. The van der Waals surface area contributed by atoms with Crippen LogP contribution in [0.4, 0.5) is 0 Å². The first kappa shape index (κ1) is 18.4. The van der Waals surface area contributed by atoms with Gasteiger partial charge < -0.3 is 5.32 Å². The van der Waals surface area contributed by atoms with Gasteiger partial charge in [-0.05, 0) is 54.3 Å². The van der Waals surface area contributed by atoms with Crippen LogP contribution < -0.4 is 5.32 Å². The number of thioether (sulfide) groups is 1. The van der Waals surface area contributed by atoms with Crippen LogP contribution in [0.2, 0.25) is 0 Å². The summed E-state index contributed by atoms with van der Waals surface area (Å²) in [5.41, 5.74) is 2.22. The molecule has 1 amide bonds. The molecule has 1 atom stereocenters. The summed E-state index contributed by atoms with van der Waals surface area (Å²) >= 11 is 1.34. The van der Waals surface area contributed by atoms with Gasteiger partial charge in [0.15, 0.2) is 0 Å². The Morgan fingerprint density at radius 1 is 1.29 bits per heavy atom. The lowest BCUT2D eigenvalue weighted by atomic mass is 10.1. The number of aromatic nitrogens is 4. The van der Waals surface area contributed by atoms with Crippen molar-refractivity contribution in [3.05, 3.63) is 29.8 Å². The van der Waals surface area contributed by atoms with Gasteiger partial charge in [-0.15, -0.1) is 5.10 Å². The number of carbonyl (C=O) groups excluding carboxylic acids is 1. The molecule has 0 aliphatic rings. The third-order valence-electron chi connectivity index (χ3n) is 3.79. The van der Waals surface area contributed by atoms with Crippen molar-refractivity contribution < 1.29 is 4.79 Å². The minimum atomic E-state index is -0.00110. The van der Waals surface area contributed by atoms with E-state index in [0.717, 1.165) is 18.5 Å². The first-order chi connectivity index (χ1) is 11.6. The highest BCUT2D eigenvalue weighted by Crippen LogP contribution is 2.19. The molecule has 2 aromatic rings. The average Bonchev–Trinajstić information content (AvgIpc) is 3.07. The Bertz CT molecular complexity index is 641. The maximum atomic E-state index is 11.9. The van der Waals surface area contributed by atoms with E-state index in [9.17, 15) is 4.79 Å². The summed E-state index contributed by atoms with van der Waals surface area (Å²) in [5.74, 6) is 0.304. The van der Waals surface area contributed by atoms with Gasteiger partial charge >= 0.3 is 0 Å². The number of hydrogen-bond acceptors (Lipinski definition) is 5. The maximum absolute atomic E-state index is 11.9. The number of benzene rings is 1. The zero-order chi connectivity index (χ0) is 17.4.